The van der Waals surface area contributed by atoms with Gasteiger partial charge in [0.05, 0.1) is 28.3 Å². The molecule has 3 N–H and O–H groups in total. The van der Waals surface area contributed by atoms with E-state index in [1.54, 1.807) is 30.1 Å². The number of imidazole rings is 1. The Kier molecular flexibility index (Phi) is 11.3. The van der Waals surface area contributed by atoms with Gasteiger partial charge in [0.25, 0.3) is 12.3 Å². The number of alkyl halides is 2. The molecule has 4 fully saturated rings. The summed E-state index contributed by atoms with van der Waals surface area (Å²) < 4.78 is 38.5. The molecule has 3 amide bonds. The number of para-hydroxylation sites is 1. The second-order valence-corrected chi connectivity index (χ2v) is 16.8. The van der Waals surface area contributed by atoms with Crippen molar-refractivity contribution < 1.29 is 27.6 Å². The van der Waals surface area contributed by atoms with Crippen LogP contribution in [0.25, 0.3) is 22.5 Å². The molecule has 4 aliphatic rings. The molecule has 15 nitrogen and oxygen atoms in total. The van der Waals surface area contributed by atoms with Crippen molar-refractivity contribution >= 4 is 40.3 Å². The number of nitrogens with zero attached hydrogens (tertiary/aromatic N) is 7. The number of pyridine rings is 1. The number of aryl methyl sites for hydroxylation is 1. The zero-order valence-corrected chi connectivity index (χ0v) is 33.9. The highest BCUT2D eigenvalue weighted by Gasteiger charge is 2.32. The van der Waals surface area contributed by atoms with Crippen molar-refractivity contribution in [3.8, 4) is 23.3 Å². The van der Waals surface area contributed by atoms with E-state index in [9.17, 15) is 28.0 Å². The zero-order valence-electron chi connectivity index (χ0n) is 33.9. The molecule has 0 spiro atoms. The first-order valence-electron chi connectivity index (χ1n) is 21.2. The molecule has 2 saturated heterocycles. The minimum Gasteiger partial charge on any atom is -0.444 e. The zero-order chi connectivity index (χ0) is 42.2. The quantitative estimate of drug-likeness (QED) is 0.105. The largest absolute Gasteiger partial charge is 0.444 e. The molecule has 0 radical (unpaired) electrons. The van der Waals surface area contributed by atoms with Crippen LogP contribution in [0.5, 0.6) is 0 Å². The van der Waals surface area contributed by atoms with Gasteiger partial charge in [-0.25, -0.2) is 23.5 Å². The van der Waals surface area contributed by atoms with Crippen LogP contribution in [-0.4, -0.2) is 77.7 Å². The lowest BCUT2D eigenvalue weighted by Crippen LogP contribution is -2.44. The number of halogens is 2. The summed E-state index contributed by atoms with van der Waals surface area (Å²) >= 11 is 0. The fourth-order valence-corrected chi connectivity index (χ4v) is 8.94. The number of imide groups is 1. The van der Waals surface area contributed by atoms with Gasteiger partial charge in [0.1, 0.15) is 18.1 Å². The minimum atomic E-state index is -2.87. The number of carbonyl (C=O) groups excluding carboxylic acids is 3. The first-order valence-corrected chi connectivity index (χ1v) is 21.2. The number of carbonyl (C=O) groups is 3. The molecule has 1 unspecified atom stereocenters. The summed E-state index contributed by atoms with van der Waals surface area (Å²) in [5, 5.41) is 12.5. The average Bonchev–Trinajstić information content (AvgIpc) is 3.67. The Morgan fingerprint density at radius 2 is 1.80 bits per heavy atom. The van der Waals surface area contributed by atoms with E-state index in [1.807, 2.05) is 18.2 Å². The first kappa shape index (κ1) is 40.3. The van der Waals surface area contributed by atoms with Gasteiger partial charge in [0.2, 0.25) is 17.7 Å². The molecule has 6 heterocycles. The molecule has 17 heteroatoms. The molecule has 9 rings (SSSR count). The summed E-state index contributed by atoms with van der Waals surface area (Å²) in [5.41, 5.74) is 1.80. The SMILES string of the molecule is Cn1c(=O)n(C2CCC(=O)NC2=O)c2cccc(C#CC3CCN(CC4CCC(n5cc(NC(=O)c6coc(-c7ccnc(NCC8CC8)c7)n6)c(C(F)F)n5)CC4)CC3)c21. The highest BCUT2D eigenvalue weighted by molar-refractivity contribution is 6.03. The maximum absolute atomic E-state index is 14.2. The summed E-state index contributed by atoms with van der Waals surface area (Å²) in [6, 6.07) is 8.27. The second kappa shape index (κ2) is 17.1. The fraction of sp³-hybridized carbons (Fsp3) is 0.477. The number of hydrogen-bond donors (Lipinski definition) is 3. The summed E-state index contributed by atoms with van der Waals surface area (Å²) in [6.45, 7) is 3.64. The maximum atomic E-state index is 14.2. The third-order valence-electron chi connectivity index (χ3n) is 12.6. The van der Waals surface area contributed by atoms with Crippen molar-refractivity contribution in [2.45, 2.75) is 82.7 Å². The molecule has 61 heavy (non-hydrogen) atoms. The van der Waals surface area contributed by atoms with Gasteiger partial charge in [0, 0.05) is 50.4 Å². The Bertz CT molecular complexity index is 2580. The number of hydrogen-bond acceptors (Lipinski definition) is 10. The van der Waals surface area contributed by atoms with E-state index in [4.69, 9.17) is 4.42 Å². The predicted molar refractivity (Wildman–Crippen MR) is 222 cm³/mol. The highest BCUT2D eigenvalue weighted by atomic mass is 19.3. The molecule has 0 bridgehead atoms. The summed E-state index contributed by atoms with van der Waals surface area (Å²) in [7, 11) is 1.68. The first-order chi connectivity index (χ1) is 29.6. The van der Waals surface area contributed by atoms with Crippen LogP contribution in [0.4, 0.5) is 20.3 Å². The van der Waals surface area contributed by atoms with Crippen molar-refractivity contribution in [2.75, 3.05) is 36.8 Å². The van der Waals surface area contributed by atoms with E-state index in [0.717, 1.165) is 70.3 Å². The van der Waals surface area contributed by atoms with Crippen molar-refractivity contribution in [3.63, 3.8) is 0 Å². The molecule has 2 aliphatic carbocycles. The standard InChI is InChI=1S/C44H48F2N10O5/c1-53-39-29(3-2-4-34(39)56(44(53)60)35-13-14-37(57)51-42(35)59)10-7-26-16-19-54(20-17-26)23-28-8-11-31(12-9-28)55-24-32(38(52-55)40(45)46)49-41(58)33-25-61-43(50-33)30-15-18-47-36(21-30)48-22-27-5-6-27/h2-4,15,18,21,24-28,31,35,40H,5-6,8-9,11-14,16-17,19-20,22-23H2,1H3,(H,47,48)(H,49,58)(H,51,57,59). The van der Waals surface area contributed by atoms with Crippen molar-refractivity contribution in [3.05, 3.63) is 76.4 Å². The Morgan fingerprint density at radius 1 is 1.02 bits per heavy atom. The number of benzene rings is 1. The number of likely N-dealkylation sites (tertiary alicyclic amines) is 1. The van der Waals surface area contributed by atoms with Crippen LogP contribution < -0.4 is 21.6 Å². The van der Waals surface area contributed by atoms with Crippen molar-refractivity contribution in [1.82, 2.24) is 39.1 Å². The normalized spacial score (nSPS) is 21.3. The number of rotatable bonds is 11. The van der Waals surface area contributed by atoms with Gasteiger partial charge in [-0.2, -0.15) is 5.10 Å². The molecule has 318 valence electrons. The molecular formula is C44H48F2N10O5. The number of piperidine rings is 2. The van der Waals surface area contributed by atoms with Crippen LogP contribution in [0.3, 0.4) is 0 Å². The van der Waals surface area contributed by atoms with Gasteiger partial charge in [-0.05, 0) is 107 Å². The number of oxazole rings is 1. The fourth-order valence-electron chi connectivity index (χ4n) is 8.94. The van der Waals surface area contributed by atoms with E-state index >= 15 is 0 Å². The van der Waals surface area contributed by atoms with Crippen LogP contribution in [0, 0.1) is 29.6 Å². The molecule has 2 aliphatic heterocycles. The summed E-state index contributed by atoms with van der Waals surface area (Å²) in [4.78, 5) is 62.0. The van der Waals surface area contributed by atoms with E-state index in [0.29, 0.717) is 34.3 Å². The topological polar surface area (TPSA) is 174 Å². The Labute approximate surface area is 350 Å². The third kappa shape index (κ3) is 8.72. The average molecular weight is 835 g/mol. The number of nitrogens with one attached hydrogen (secondary N) is 3. The molecule has 5 aromatic rings. The molecule has 1 atom stereocenters. The van der Waals surface area contributed by atoms with E-state index in [1.165, 1.54) is 34.4 Å². The van der Waals surface area contributed by atoms with E-state index < -0.39 is 30.0 Å². The van der Waals surface area contributed by atoms with Crippen LogP contribution in [0.2, 0.25) is 0 Å². The molecular weight excluding hydrogens is 787 g/mol. The third-order valence-corrected chi connectivity index (χ3v) is 12.6. The number of aromatic nitrogens is 6. The Morgan fingerprint density at radius 3 is 2.56 bits per heavy atom. The highest BCUT2D eigenvalue weighted by Crippen LogP contribution is 2.36. The smallest absolute Gasteiger partial charge is 0.329 e. The number of anilines is 2. The summed E-state index contributed by atoms with van der Waals surface area (Å²) in [5.74, 6) is 7.59. The maximum Gasteiger partial charge on any atom is 0.329 e. The summed E-state index contributed by atoms with van der Waals surface area (Å²) in [6.07, 6.45) is 9.65. The predicted octanol–water partition coefficient (Wildman–Crippen LogP) is 6.07. The molecule has 2 saturated carbocycles. The molecule has 4 aromatic heterocycles. The van der Waals surface area contributed by atoms with E-state index in [-0.39, 0.29) is 53.7 Å². The van der Waals surface area contributed by atoms with Gasteiger partial charge in [-0.15, -0.1) is 0 Å². The van der Waals surface area contributed by atoms with Crippen LogP contribution in [0.15, 0.2) is 58.2 Å². The number of amides is 3. The Hall–Kier alpha value is -6.15. The van der Waals surface area contributed by atoms with Gasteiger partial charge in [-0.1, -0.05) is 17.9 Å². The van der Waals surface area contributed by atoms with Crippen LogP contribution >= 0.6 is 0 Å². The van der Waals surface area contributed by atoms with E-state index in [2.05, 4.69) is 47.8 Å². The lowest BCUT2D eigenvalue weighted by molar-refractivity contribution is -0.135. The lowest BCUT2D eigenvalue weighted by atomic mass is 9.85. The van der Waals surface area contributed by atoms with Crippen molar-refractivity contribution in [1.29, 1.82) is 0 Å². The van der Waals surface area contributed by atoms with Gasteiger partial charge in [-0.3, -0.25) is 33.5 Å². The van der Waals surface area contributed by atoms with Gasteiger partial charge in [0.15, 0.2) is 11.4 Å². The van der Waals surface area contributed by atoms with Gasteiger partial charge >= 0.3 is 5.69 Å². The minimum absolute atomic E-state index is 0.0335. The van der Waals surface area contributed by atoms with Crippen LogP contribution in [-0.2, 0) is 16.6 Å². The molecule has 1 aromatic carbocycles. The second-order valence-electron chi connectivity index (χ2n) is 16.8. The monoisotopic (exact) mass is 834 g/mol. The van der Waals surface area contributed by atoms with Crippen LogP contribution in [0.1, 0.15) is 104 Å². The Balaban J connectivity index is 0.769. The van der Waals surface area contributed by atoms with Gasteiger partial charge < -0.3 is 20.0 Å². The lowest BCUT2D eigenvalue weighted by Gasteiger charge is -2.35. The van der Waals surface area contributed by atoms with Crippen molar-refractivity contribution in [2.24, 2.45) is 24.8 Å². The number of fused-ring (bicyclic) bond motifs is 1.